The lowest BCUT2D eigenvalue weighted by Gasteiger charge is -2.17. The molecule has 0 nitrogen and oxygen atoms in total. The Morgan fingerprint density at radius 1 is 1.27 bits per heavy atom. The summed E-state index contributed by atoms with van der Waals surface area (Å²) < 4.78 is 54.2. The van der Waals surface area contributed by atoms with Crippen molar-refractivity contribution in [3.8, 4) is 0 Å². The fourth-order valence-corrected chi connectivity index (χ4v) is 0.688. The van der Waals surface area contributed by atoms with Crippen molar-refractivity contribution >= 4 is 0 Å². The van der Waals surface area contributed by atoms with Gasteiger partial charge in [-0.1, -0.05) is 51.0 Å². The van der Waals surface area contributed by atoms with Crippen LogP contribution in [0.3, 0.4) is 0 Å². The first kappa shape index (κ1) is 2.93. The molecule has 0 unspecified atom stereocenters. The van der Waals surface area contributed by atoms with E-state index in [1.54, 1.807) is 20.8 Å². The second-order valence-corrected chi connectivity index (χ2v) is 3.38. The van der Waals surface area contributed by atoms with Gasteiger partial charge in [0.1, 0.15) is 0 Å². The van der Waals surface area contributed by atoms with Gasteiger partial charge >= 0.3 is 0 Å². The molecule has 0 atom stereocenters. The number of hydrogen-bond acceptors (Lipinski definition) is 0. The molecule has 0 fully saturated rings. The van der Waals surface area contributed by atoms with Crippen molar-refractivity contribution in [1.82, 2.24) is 0 Å². The summed E-state index contributed by atoms with van der Waals surface area (Å²) in [6.45, 7) is 4.90. The Morgan fingerprint density at radius 3 is 2.27 bits per heavy atom. The third-order valence-electron chi connectivity index (χ3n) is 1.00. The quantitative estimate of drug-likeness (QED) is 0.584. The Bertz CT molecular complexity index is 456. The van der Waals surface area contributed by atoms with Crippen LogP contribution < -0.4 is 0 Å². The summed E-state index contributed by atoms with van der Waals surface area (Å²) in [7, 11) is 0. The summed E-state index contributed by atoms with van der Waals surface area (Å²) in [6.07, 6.45) is -2.01. The van der Waals surface area contributed by atoms with Crippen LogP contribution in [0, 0.1) is 5.41 Å². The average molecular weight is 155 g/mol. The molecule has 1 aromatic carbocycles. The van der Waals surface area contributed by atoms with Gasteiger partial charge in [-0.25, -0.2) is 0 Å². The molecule has 11 heavy (non-hydrogen) atoms. The summed E-state index contributed by atoms with van der Waals surface area (Å²) in [5, 5.41) is 0. The molecule has 0 aromatic heterocycles. The monoisotopic (exact) mass is 155 g/mol. The van der Waals surface area contributed by atoms with Crippen LogP contribution in [0.4, 0.5) is 0 Å². The standard InChI is InChI=1S/C11H16/c1-11(2,3)9-10-7-5-4-6-8-10/h4-8H,9H2,1-3H3/i4D,5D,6D,7D,8D,9D2. The topological polar surface area (TPSA) is 0 Å². The molecule has 0 saturated heterocycles. The number of benzene rings is 1. The smallest absolute Gasteiger partial charge is 0.0622 e. The van der Waals surface area contributed by atoms with Crippen LogP contribution in [-0.2, 0) is 6.37 Å². The van der Waals surface area contributed by atoms with E-state index in [0.717, 1.165) is 0 Å². The molecule has 0 radical (unpaired) electrons. The van der Waals surface area contributed by atoms with Crippen molar-refractivity contribution in [2.45, 2.75) is 27.1 Å². The first-order valence-electron chi connectivity index (χ1n) is 7.00. The van der Waals surface area contributed by atoms with E-state index >= 15 is 0 Å². The third kappa shape index (κ3) is 3.22. The van der Waals surface area contributed by atoms with Crippen LogP contribution in [0.2, 0.25) is 0 Å². The number of hydrogen-bond donors (Lipinski definition) is 0. The van der Waals surface area contributed by atoms with E-state index in [4.69, 9.17) is 9.60 Å². The summed E-state index contributed by atoms with van der Waals surface area (Å²) >= 11 is 0. The van der Waals surface area contributed by atoms with E-state index in [-0.39, 0.29) is 5.56 Å². The Labute approximate surface area is 79.1 Å². The maximum Gasteiger partial charge on any atom is 0.0626 e. The fraction of sp³-hybridized carbons (Fsp3) is 0.455. The molecule has 0 heteroatoms. The van der Waals surface area contributed by atoms with Gasteiger partial charge in [-0.05, 0) is 17.4 Å². The van der Waals surface area contributed by atoms with Crippen LogP contribution in [0.15, 0.2) is 30.2 Å². The minimum Gasteiger partial charge on any atom is -0.0622 e. The van der Waals surface area contributed by atoms with Crippen LogP contribution >= 0.6 is 0 Å². The zero-order valence-corrected chi connectivity index (χ0v) is 7.00. The zero-order valence-electron chi connectivity index (χ0n) is 14.0. The van der Waals surface area contributed by atoms with Gasteiger partial charge < -0.3 is 0 Å². The molecule has 60 valence electrons. The van der Waals surface area contributed by atoms with Crippen molar-refractivity contribution < 1.29 is 9.60 Å². The molecule has 0 amide bonds. The predicted octanol–water partition coefficient (Wildman–Crippen LogP) is 3.28. The molecule has 0 aliphatic carbocycles. The predicted molar refractivity (Wildman–Crippen MR) is 49.6 cm³/mol. The first-order valence-corrected chi connectivity index (χ1v) is 3.50. The highest BCUT2D eigenvalue weighted by atomic mass is 14.1. The van der Waals surface area contributed by atoms with Crippen LogP contribution in [-0.4, -0.2) is 0 Å². The second kappa shape index (κ2) is 3.08. The van der Waals surface area contributed by atoms with Crippen molar-refractivity contribution in [2.24, 2.45) is 5.41 Å². The largest absolute Gasteiger partial charge is 0.0626 e. The minimum atomic E-state index is -2.01. The van der Waals surface area contributed by atoms with Gasteiger partial charge in [0.05, 0.1) is 6.85 Å². The summed E-state index contributed by atoms with van der Waals surface area (Å²) in [6, 6.07) is -2.45. The van der Waals surface area contributed by atoms with Crippen LogP contribution in [0.25, 0.3) is 0 Å². The van der Waals surface area contributed by atoms with Gasteiger partial charge in [0.25, 0.3) is 0 Å². The van der Waals surface area contributed by atoms with E-state index in [1.807, 2.05) is 0 Å². The molecule has 0 aliphatic rings. The normalized spacial score (nSPS) is 21.9. The Kier molecular flexibility index (Phi) is 0.821. The molecule has 0 spiro atoms. The highest BCUT2D eigenvalue weighted by Gasteiger charge is 2.09. The van der Waals surface area contributed by atoms with E-state index in [1.165, 1.54) is 0 Å². The molecule has 1 aromatic rings. The van der Waals surface area contributed by atoms with Crippen molar-refractivity contribution in [1.29, 1.82) is 0 Å². The molecule has 0 N–H and O–H groups in total. The SMILES string of the molecule is [2H]c1c([2H])c([2H])c(C([2H])([2H])C(C)(C)C)c([2H])c1[2H]. The maximum atomic E-state index is 8.06. The lowest BCUT2D eigenvalue weighted by atomic mass is 9.88. The van der Waals surface area contributed by atoms with Gasteiger partial charge in [0.15, 0.2) is 0 Å². The van der Waals surface area contributed by atoms with Gasteiger partial charge in [0.2, 0.25) is 0 Å². The lowest BCUT2D eigenvalue weighted by molar-refractivity contribution is 0.411. The van der Waals surface area contributed by atoms with Crippen LogP contribution in [0.1, 0.15) is 35.9 Å². The first-order chi connectivity index (χ1) is 7.93. The van der Waals surface area contributed by atoms with E-state index in [2.05, 4.69) is 0 Å². The molecule has 0 bridgehead atoms. The highest BCUT2D eigenvalue weighted by Crippen LogP contribution is 2.19. The molecule has 0 saturated carbocycles. The zero-order chi connectivity index (χ0) is 14.5. The Morgan fingerprint density at radius 2 is 1.82 bits per heavy atom. The summed E-state index contributed by atoms with van der Waals surface area (Å²) in [5.41, 5.74) is -1.15. The van der Waals surface area contributed by atoms with Crippen LogP contribution in [0.5, 0.6) is 0 Å². The molecule has 0 aliphatic heterocycles. The minimum absolute atomic E-state index is 0.277. The highest BCUT2D eigenvalue weighted by molar-refractivity contribution is 5.15. The van der Waals surface area contributed by atoms with Gasteiger partial charge in [0, 0.05) is 2.74 Å². The van der Waals surface area contributed by atoms with E-state index < -0.39 is 42.0 Å². The lowest BCUT2D eigenvalue weighted by Crippen LogP contribution is -2.08. The van der Waals surface area contributed by atoms with Crippen molar-refractivity contribution in [3.63, 3.8) is 0 Å². The maximum absolute atomic E-state index is 8.06. The Balaban J connectivity index is 3.72. The summed E-state index contributed by atoms with van der Waals surface area (Å²) in [5.74, 6) is 0. The second-order valence-electron chi connectivity index (χ2n) is 3.38. The molecule has 0 heterocycles. The molecule has 1 rings (SSSR count). The average Bonchev–Trinajstić information content (AvgIpc) is 2.22. The third-order valence-corrected chi connectivity index (χ3v) is 1.00. The van der Waals surface area contributed by atoms with E-state index in [9.17, 15) is 0 Å². The Hall–Kier alpha value is -0.780. The van der Waals surface area contributed by atoms with Gasteiger partial charge in [-0.3, -0.25) is 0 Å². The molecular formula is C11H16. The van der Waals surface area contributed by atoms with E-state index in [0.29, 0.717) is 0 Å². The van der Waals surface area contributed by atoms with Crippen molar-refractivity contribution in [2.75, 3.05) is 0 Å². The van der Waals surface area contributed by atoms with Gasteiger partial charge in [-0.2, -0.15) is 0 Å². The number of rotatable bonds is 1. The summed E-state index contributed by atoms with van der Waals surface area (Å²) in [4.78, 5) is 0. The van der Waals surface area contributed by atoms with Gasteiger partial charge in [-0.15, -0.1) is 0 Å². The molecular weight excluding hydrogens is 132 g/mol. The fourth-order valence-electron chi connectivity index (χ4n) is 0.688. The van der Waals surface area contributed by atoms with Crippen molar-refractivity contribution in [3.05, 3.63) is 35.8 Å².